The molecule has 1 aromatic carbocycles. The van der Waals surface area contributed by atoms with Crippen LogP contribution in [-0.4, -0.2) is 39.2 Å². The molecule has 1 aromatic heterocycles. The van der Waals surface area contributed by atoms with Gasteiger partial charge in [0.2, 0.25) is 5.91 Å². The second-order valence-electron chi connectivity index (χ2n) is 7.26. The highest BCUT2D eigenvalue weighted by Gasteiger charge is 2.35. The molecular weight excluding hydrogens is 416 g/mol. The zero-order valence-electron chi connectivity index (χ0n) is 15.9. The summed E-state index contributed by atoms with van der Waals surface area (Å²) in [6.45, 7) is 0.762. The molecule has 0 spiro atoms. The van der Waals surface area contributed by atoms with E-state index in [1.807, 2.05) is 48.5 Å². The average Bonchev–Trinajstić information content (AvgIpc) is 3.39. The van der Waals surface area contributed by atoms with Crippen molar-refractivity contribution < 1.29 is 4.79 Å². The van der Waals surface area contributed by atoms with Gasteiger partial charge in [-0.25, -0.2) is 4.98 Å². The lowest BCUT2D eigenvalue weighted by molar-refractivity contribution is -0.134. The normalized spacial score (nSPS) is 22.9. The molecule has 4 rings (SSSR count). The number of carbonyl (C=O) groups excluding carboxylic acids is 1. The number of aromatic nitrogens is 2. The van der Waals surface area contributed by atoms with Crippen LogP contribution in [-0.2, 0) is 4.79 Å². The van der Waals surface area contributed by atoms with Gasteiger partial charge >= 0.3 is 0 Å². The van der Waals surface area contributed by atoms with Gasteiger partial charge in [0.05, 0.1) is 11.7 Å². The highest BCUT2D eigenvalue weighted by atomic mass is 79.9. The molecule has 3 atom stereocenters. The van der Waals surface area contributed by atoms with E-state index in [4.69, 9.17) is 4.98 Å². The second-order valence-corrected chi connectivity index (χ2v) is 8.44. The van der Waals surface area contributed by atoms with Crippen LogP contribution < -0.4 is 5.32 Å². The fourth-order valence-electron chi connectivity index (χ4n) is 4.00. The third kappa shape index (κ3) is 3.84. The summed E-state index contributed by atoms with van der Waals surface area (Å²) in [5, 5.41) is 3.18. The van der Waals surface area contributed by atoms with Crippen LogP contribution in [0.15, 0.2) is 54.8 Å². The van der Waals surface area contributed by atoms with Gasteiger partial charge < -0.3 is 15.2 Å². The van der Waals surface area contributed by atoms with Gasteiger partial charge in [0.15, 0.2) is 0 Å². The van der Waals surface area contributed by atoms with E-state index in [2.05, 4.69) is 44.5 Å². The van der Waals surface area contributed by atoms with E-state index >= 15 is 0 Å². The molecule has 1 fully saturated rings. The van der Waals surface area contributed by atoms with Crippen LogP contribution in [0.4, 0.5) is 0 Å². The molecule has 1 amide bonds. The molecule has 2 N–H and O–H groups in total. The Morgan fingerprint density at radius 1 is 1.36 bits per heavy atom. The lowest BCUT2D eigenvalue weighted by Gasteiger charge is -2.28. The summed E-state index contributed by atoms with van der Waals surface area (Å²) in [6.07, 6.45) is 11.3. The maximum atomic E-state index is 13.3. The number of imidazole rings is 1. The van der Waals surface area contributed by atoms with Crippen molar-refractivity contribution in [2.75, 3.05) is 13.6 Å². The van der Waals surface area contributed by atoms with Crippen LogP contribution in [0.2, 0.25) is 0 Å². The van der Waals surface area contributed by atoms with E-state index in [-0.39, 0.29) is 18.0 Å². The fraction of sp³-hybridized carbons (Fsp3) is 0.364. The minimum atomic E-state index is -0.337. The number of nitrogens with one attached hydrogen (secondary N) is 2. The summed E-state index contributed by atoms with van der Waals surface area (Å²) in [7, 11) is 1.84. The average molecular weight is 441 g/mol. The Balaban J connectivity index is 1.54. The van der Waals surface area contributed by atoms with Crippen molar-refractivity contribution in [2.45, 2.75) is 36.2 Å². The first-order chi connectivity index (χ1) is 13.7. The topological polar surface area (TPSA) is 61.0 Å². The molecule has 2 aliphatic rings. The molecule has 1 saturated heterocycles. The summed E-state index contributed by atoms with van der Waals surface area (Å²) in [6, 6.07) is 9.55. The third-order valence-electron chi connectivity index (χ3n) is 5.46. The number of benzene rings is 1. The predicted octanol–water partition coefficient (Wildman–Crippen LogP) is 4.14. The first-order valence-electron chi connectivity index (χ1n) is 9.78. The van der Waals surface area contributed by atoms with E-state index < -0.39 is 0 Å². The number of H-pyrrole nitrogens is 1. The van der Waals surface area contributed by atoms with Gasteiger partial charge in [-0.1, -0.05) is 64.5 Å². The number of nitrogens with zero attached hydrogens (tertiary/aromatic N) is 2. The quantitative estimate of drug-likeness (QED) is 0.686. The lowest BCUT2D eigenvalue weighted by atomic mass is 10.0. The minimum Gasteiger partial charge on any atom is -0.346 e. The summed E-state index contributed by atoms with van der Waals surface area (Å²) in [5.74, 6) is 0.979. The molecule has 1 aliphatic carbocycles. The molecule has 146 valence electrons. The maximum absolute atomic E-state index is 13.3. The zero-order valence-corrected chi connectivity index (χ0v) is 17.5. The van der Waals surface area contributed by atoms with Crippen LogP contribution in [0.5, 0.6) is 0 Å². The Bertz CT molecular complexity index is 889. The Morgan fingerprint density at radius 2 is 2.18 bits per heavy atom. The second kappa shape index (κ2) is 8.45. The van der Waals surface area contributed by atoms with Crippen LogP contribution in [0.25, 0.3) is 5.57 Å². The lowest BCUT2D eigenvalue weighted by Crippen LogP contribution is -2.39. The number of rotatable bonds is 5. The smallest absolute Gasteiger partial charge is 0.244 e. The SMILES string of the molecule is CNC(C(=O)N1CCCC1c1nc(C2=CCC(Br)C=C2)c[nH]1)c1ccccc1. The zero-order chi connectivity index (χ0) is 19.5. The molecule has 2 heterocycles. The maximum Gasteiger partial charge on any atom is 0.244 e. The summed E-state index contributed by atoms with van der Waals surface area (Å²) in [4.78, 5) is 23.8. The molecular formula is C22H25BrN4O. The number of likely N-dealkylation sites (N-methyl/N-ethyl adjacent to an activating group) is 1. The highest BCUT2D eigenvalue weighted by Crippen LogP contribution is 2.34. The number of halogens is 1. The molecule has 0 radical (unpaired) electrons. The number of carbonyl (C=O) groups is 1. The van der Waals surface area contributed by atoms with Crippen molar-refractivity contribution in [1.29, 1.82) is 0 Å². The van der Waals surface area contributed by atoms with E-state index in [1.165, 1.54) is 0 Å². The van der Waals surface area contributed by atoms with Crippen molar-refractivity contribution in [3.8, 4) is 0 Å². The minimum absolute atomic E-state index is 0.00194. The number of alkyl halides is 1. The molecule has 0 saturated carbocycles. The summed E-state index contributed by atoms with van der Waals surface area (Å²) >= 11 is 3.60. The Labute approximate surface area is 174 Å². The first-order valence-corrected chi connectivity index (χ1v) is 10.7. The number of amides is 1. The molecule has 0 bridgehead atoms. The Hall–Kier alpha value is -2.18. The standard InChI is InChI=1S/C22H25BrN4O/c1-24-20(16-6-3-2-4-7-16)22(28)27-13-5-8-19(27)21-25-14-18(26-21)15-9-11-17(23)12-10-15/h2-4,6-7,9-11,14,17,19-20,24H,5,8,12-13H2,1H3,(H,25,26). The van der Waals surface area contributed by atoms with Crippen LogP contribution in [0.1, 0.15) is 48.4 Å². The molecule has 6 heteroatoms. The predicted molar refractivity (Wildman–Crippen MR) is 115 cm³/mol. The van der Waals surface area contributed by atoms with Gasteiger partial charge in [0, 0.05) is 17.6 Å². The van der Waals surface area contributed by atoms with Gasteiger partial charge in [-0.15, -0.1) is 0 Å². The molecule has 28 heavy (non-hydrogen) atoms. The van der Waals surface area contributed by atoms with E-state index in [9.17, 15) is 4.79 Å². The van der Waals surface area contributed by atoms with Crippen molar-refractivity contribution in [2.24, 2.45) is 0 Å². The Kier molecular flexibility index (Phi) is 5.78. The Morgan fingerprint density at radius 3 is 2.89 bits per heavy atom. The monoisotopic (exact) mass is 440 g/mol. The number of allylic oxidation sites excluding steroid dienone is 4. The fourth-order valence-corrected chi connectivity index (χ4v) is 4.34. The van der Waals surface area contributed by atoms with Crippen LogP contribution in [0, 0.1) is 0 Å². The van der Waals surface area contributed by atoms with Crippen molar-refractivity contribution in [3.05, 3.63) is 71.8 Å². The summed E-state index contributed by atoms with van der Waals surface area (Å²) < 4.78 is 0. The number of aromatic amines is 1. The number of hydrogen-bond donors (Lipinski definition) is 2. The number of likely N-dealkylation sites (tertiary alicyclic amines) is 1. The molecule has 1 aliphatic heterocycles. The summed E-state index contributed by atoms with van der Waals surface area (Å²) in [5.41, 5.74) is 3.06. The van der Waals surface area contributed by atoms with E-state index in [1.54, 1.807) is 0 Å². The van der Waals surface area contributed by atoms with Gasteiger partial charge in [-0.3, -0.25) is 4.79 Å². The van der Waals surface area contributed by atoms with Crippen molar-refractivity contribution in [3.63, 3.8) is 0 Å². The number of hydrogen-bond acceptors (Lipinski definition) is 3. The largest absolute Gasteiger partial charge is 0.346 e. The molecule has 2 aromatic rings. The van der Waals surface area contributed by atoms with Gasteiger partial charge in [0.1, 0.15) is 11.9 Å². The van der Waals surface area contributed by atoms with Crippen LogP contribution in [0.3, 0.4) is 0 Å². The molecule has 3 unspecified atom stereocenters. The van der Waals surface area contributed by atoms with Gasteiger partial charge in [-0.2, -0.15) is 0 Å². The van der Waals surface area contributed by atoms with Crippen molar-refractivity contribution >= 4 is 27.4 Å². The first kappa shape index (κ1) is 19.2. The highest BCUT2D eigenvalue weighted by molar-refractivity contribution is 9.09. The third-order valence-corrected chi connectivity index (χ3v) is 6.14. The van der Waals surface area contributed by atoms with Crippen LogP contribution >= 0.6 is 15.9 Å². The van der Waals surface area contributed by atoms with Gasteiger partial charge in [0.25, 0.3) is 0 Å². The van der Waals surface area contributed by atoms with E-state index in [0.29, 0.717) is 4.83 Å². The van der Waals surface area contributed by atoms with Crippen molar-refractivity contribution in [1.82, 2.24) is 20.2 Å². The molecule has 5 nitrogen and oxygen atoms in total. The van der Waals surface area contributed by atoms with E-state index in [0.717, 1.165) is 48.5 Å². The van der Waals surface area contributed by atoms with Gasteiger partial charge in [-0.05, 0) is 37.4 Å².